The minimum atomic E-state index is -0.107. The van der Waals surface area contributed by atoms with Crippen LogP contribution in [0, 0.1) is 11.8 Å². The highest BCUT2D eigenvalue weighted by Crippen LogP contribution is 2.47. The van der Waals surface area contributed by atoms with Gasteiger partial charge < -0.3 is 27.4 Å². The molecule has 0 bridgehead atoms. The number of para-hydroxylation sites is 1. The molecule has 2 aromatic carbocycles. The Morgan fingerprint density at radius 1 is 1.11 bits per heavy atom. The van der Waals surface area contributed by atoms with Crippen LogP contribution in [0.25, 0.3) is 0 Å². The van der Waals surface area contributed by atoms with Crippen molar-refractivity contribution in [3.63, 3.8) is 0 Å². The Bertz CT molecular complexity index is 1020. The van der Waals surface area contributed by atoms with Gasteiger partial charge in [-0.25, -0.2) is 0 Å². The third kappa shape index (κ3) is 4.67. The molecule has 0 aromatic heterocycles. The largest absolute Gasteiger partial charge is 1.00 e. The maximum atomic E-state index is 14.5. The molecule has 196 valence electrons. The molecule has 2 saturated heterocycles. The second-order valence-electron chi connectivity index (χ2n) is 11.0. The average Bonchev–Trinajstić information content (AvgIpc) is 3.33. The van der Waals surface area contributed by atoms with Crippen molar-refractivity contribution in [2.75, 3.05) is 26.2 Å². The first-order chi connectivity index (χ1) is 17.1. The van der Waals surface area contributed by atoms with E-state index in [1.54, 1.807) is 0 Å². The van der Waals surface area contributed by atoms with Crippen molar-refractivity contribution in [2.24, 2.45) is 11.8 Å². The standard InChI is InChI=1S/C31H42N2O2.ClH/c1-4-22(5-2)28-19-25(24-11-8-7-9-12-24)15-17-33(28)30(34)27-20-32-21-31(27)16-18-35-29-23(6-3)13-10-14-26(29)31;/h7-14,22,25,27-28,32H,4-6,15-21H2,1-3H3;1H/t25-,27+,28+,31+;/m1./s1. The van der Waals surface area contributed by atoms with Crippen LogP contribution in [0.1, 0.15) is 75.5 Å². The van der Waals surface area contributed by atoms with E-state index in [0.29, 0.717) is 30.4 Å². The molecule has 0 unspecified atom stereocenters. The fourth-order valence-electron chi connectivity index (χ4n) is 7.46. The normalized spacial score (nSPS) is 27.4. The number of piperidine rings is 1. The number of nitrogens with zero attached hydrogens (tertiary/aromatic N) is 1. The zero-order valence-electron chi connectivity index (χ0n) is 22.2. The second kappa shape index (κ2) is 11.6. The molecule has 2 aromatic rings. The highest BCUT2D eigenvalue weighted by Gasteiger charge is 2.56. The summed E-state index contributed by atoms with van der Waals surface area (Å²) in [5.74, 6) is 2.60. The Kier molecular flexibility index (Phi) is 8.67. The number of amides is 1. The molecule has 4 atom stereocenters. The van der Waals surface area contributed by atoms with Crippen molar-refractivity contribution < 1.29 is 27.3 Å². The summed E-state index contributed by atoms with van der Waals surface area (Å²) in [6.45, 7) is 10.3. The van der Waals surface area contributed by atoms with E-state index in [1.807, 2.05) is 0 Å². The Hall–Kier alpha value is -2.04. The Morgan fingerprint density at radius 3 is 2.61 bits per heavy atom. The third-order valence-electron chi connectivity index (χ3n) is 9.48. The van der Waals surface area contributed by atoms with Crippen molar-refractivity contribution in [3.05, 3.63) is 65.2 Å². The summed E-state index contributed by atoms with van der Waals surface area (Å²) in [7, 11) is 0. The number of hydrogen-bond donors (Lipinski definition) is 1. The van der Waals surface area contributed by atoms with Gasteiger partial charge in [0, 0.05) is 18.2 Å². The van der Waals surface area contributed by atoms with E-state index in [9.17, 15) is 4.79 Å². The van der Waals surface area contributed by atoms with Gasteiger partial charge in [-0.15, -0.1) is 0 Å². The van der Waals surface area contributed by atoms with Crippen LogP contribution < -0.4 is 22.5 Å². The number of rotatable bonds is 6. The zero-order chi connectivity index (χ0) is 24.4. The average molecular weight is 511 g/mol. The van der Waals surface area contributed by atoms with Crippen LogP contribution in [0.2, 0.25) is 0 Å². The molecule has 5 rings (SSSR count). The van der Waals surface area contributed by atoms with E-state index in [-0.39, 0.29) is 23.7 Å². The molecule has 3 heterocycles. The summed E-state index contributed by atoms with van der Waals surface area (Å²) in [6, 6.07) is 17.9. The van der Waals surface area contributed by atoms with Gasteiger partial charge in [0.25, 0.3) is 0 Å². The van der Waals surface area contributed by atoms with Crippen molar-refractivity contribution in [1.29, 1.82) is 0 Å². The minimum Gasteiger partial charge on any atom is -1.00 e. The molecule has 4 nitrogen and oxygen atoms in total. The van der Waals surface area contributed by atoms with Gasteiger partial charge in [-0.05, 0) is 48.6 Å². The molecule has 36 heavy (non-hydrogen) atoms. The minimum absolute atomic E-state index is 0. The van der Waals surface area contributed by atoms with E-state index in [4.69, 9.17) is 4.74 Å². The Labute approximate surface area is 223 Å². The first-order valence-electron chi connectivity index (χ1n) is 14.0. The lowest BCUT2D eigenvalue weighted by atomic mass is 9.67. The molecule has 0 radical (unpaired) electrons. The van der Waals surface area contributed by atoms with Gasteiger partial charge >= 0.3 is 0 Å². The van der Waals surface area contributed by atoms with Gasteiger partial charge in [0.05, 0.1) is 25.1 Å². The molecule has 0 saturated carbocycles. The number of fused-ring (bicyclic) bond motifs is 2. The van der Waals surface area contributed by atoms with Crippen LogP contribution in [-0.4, -0.2) is 43.1 Å². The number of ether oxygens (including phenoxy) is 1. The molecule has 2 N–H and O–H groups in total. The summed E-state index contributed by atoms with van der Waals surface area (Å²) >= 11 is 0. The fraction of sp³-hybridized carbons (Fsp3) is 0.581. The van der Waals surface area contributed by atoms with Crippen LogP contribution in [0.4, 0.5) is 0 Å². The van der Waals surface area contributed by atoms with Gasteiger partial charge in [-0.1, -0.05) is 82.1 Å². The first kappa shape index (κ1) is 27.0. The molecule has 2 fully saturated rings. The third-order valence-corrected chi connectivity index (χ3v) is 9.48. The van der Waals surface area contributed by atoms with E-state index in [0.717, 1.165) is 63.9 Å². The summed E-state index contributed by atoms with van der Waals surface area (Å²) in [6.07, 6.45) is 6.32. The summed E-state index contributed by atoms with van der Waals surface area (Å²) in [4.78, 5) is 16.8. The van der Waals surface area contributed by atoms with Gasteiger partial charge in [0.2, 0.25) is 5.91 Å². The topological polar surface area (TPSA) is 46.1 Å². The van der Waals surface area contributed by atoms with Crippen LogP contribution in [0.15, 0.2) is 48.5 Å². The summed E-state index contributed by atoms with van der Waals surface area (Å²) < 4.78 is 6.22. The van der Waals surface area contributed by atoms with Crippen molar-refractivity contribution >= 4 is 5.91 Å². The number of halogens is 1. The van der Waals surface area contributed by atoms with Crippen LogP contribution in [-0.2, 0) is 16.6 Å². The van der Waals surface area contributed by atoms with Crippen molar-refractivity contribution in [1.82, 2.24) is 4.90 Å². The molecule has 3 aliphatic heterocycles. The van der Waals surface area contributed by atoms with E-state index in [1.165, 1.54) is 16.7 Å². The highest BCUT2D eigenvalue weighted by atomic mass is 35.5. The number of carbonyl (C=O) groups excluding carboxylic acids is 1. The highest BCUT2D eigenvalue weighted by molar-refractivity contribution is 5.82. The predicted molar refractivity (Wildman–Crippen MR) is 141 cm³/mol. The van der Waals surface area contributed by atoms with E-state index < -0.39 is 0 Å². The van der Waals surface area contributed by atoms with Gasteiger partial charge in [-0.3, -0.25) is 4.79 Å². The smallest absolute Gasteiger partial charge is 0.232 e. The fourth-order valence-corrected chi connectivity index (χ4v) is 7.46. The first-order valence-corrected chi connectivity index (χ1v) is 14.0. The molecule has 1 spiro atoms. The van der Waals surface area contributed by atoms with Crippen LogP contribution >= 0.6 is 0 Å². The van der Waals surface area contributed by atoms with Crippen molar-refractivity contribution in [3.8, 4) is 5.75 Å². The lowest BCUT2D eigenvalue weighted by Crippen LogP contribution is -3.00. The number of nitrogens with two attached hydrogens (primary N) is 1. The summed E-state index contributed by atoms with van der Waals surface area (Å²) in [5, 5.41) is 2.39. The predicted octanol–water partition coefficient (Wildman–Crippen LogP) is 1.68. The zero-order valence-corrected chi connectivity index (χ0v) is 23.0. The van der Waals surface area contributed by atoms with Crippen molar-refractivity contribution in [2.45, 2.75) is 76.7 Å². The molecule has 3 aliphatic rings. The SMILES string of the molecule is CCc1cccc2c1OCC[C@]21C[NH2+]C[C@H]1C(=O)N1CC[C@@H](c2ccccc2)C[C@H]1C(CC)CC.[Cl-]. The number of hydrogen-bond acceptors (Lipinski definition) is 2. The quantitative estimate of drug-likeness (QED) is 0.642. The maximum Gasteiger partial charge on any atom is 0.232 e. The molecular formula is C31H43ClN2O2. The molecule has 1 amide bonds. The van der Waals surface area contributed by atoms with E-state index in [2.05, 4.69) is 79.5 Å². The van der Waals surface area contributed by atoms with Gasteiger partial charge in [-0.2, -0.15) is 0 Å². The second-order valence-corrected chi connectivity index (χ2v) is 11.0. The Balaban J connectivity index is 0.00000304. The number of benzene rings is 2. The number of likely N-dealkylation sites (tertiary alicyclic amines) is 1. The molecule has 5 heteroatoms. The molecular weight excluding hydrogens is 468 g/mol. The summed E-state index contributed by atoms with van der Waals surface area (Å²) in [5.41, 5.74) is 3.89. The van der Waals surface area contributed by atoms with Crippen LogP contribution in [0.5, 0.6) is 5.75 Å². The maximum absolute atomic E-state index is 14.5. The number of carbonyl (C=O) groups is 1. The number of aryl methyl sites for hydroxylation is 1. The lowest BCUT2D eigenvalue weighted by Gasteiger charge is -2.46. The van der Waals surface area contributed by atoms with Gasteiger partial charge in [0.15, 0.2) is 0 Å². The monoisotopic (exact) mass is 510 g/mol. The van der Waals surface area contributed by atoms with E-state index >= 15 is 0 Å². The Morgan fingerprint density at radius 2 is 1.89 bits per heavy atom. The molecule has 0 aliphatic carbocycles. The lowest BCUT2D eigenvalue weighted by molar-refractivity contribution is -0.640. The number of quaternary nitrogens is 1. The van der Waals surface area contributed by atoms with Gasteiger partial charge in [0.1, 0.15) is 11.7 Å². The van der Waals surface area contributed by atoms with Crippen LogP contribution in [0.3, 0.4) is 0 Å².